The molecular weight excluding hydrogens is 402 g/mol. The largest absolute Gasteiger partial charge is 0.497 e. The number of amides is 1. The predicted molar refractivity (Wildman–Crippen MR) is 117 cm³/mol. The zero-order valence-electron chi connectivity index (χ0n) is 16.9. The third-order valence-corrected chi connectivity index (χ3v) is 5.52. The summed E-state index contributed by atoms with van der Waals surface area (Å²) >= 11 is 1.24. The molecule has 0 spiro atoms. The van der Waals surface area contributed by atoms with Crippen molar-refractivity contribution in [1.82, 2.24) is 19.7 Å². The van der Waals surface area contributed by atoms with Crippen LogP contribution in [0.3, 0.4) is 0 Å². The van der Waals surface area contributed by atoms with Crippen molar-refractivity contribution >= 4 is 45.4 Å². The molecule has 0 atom stereocenters. The molecule has 30 heavy (non-hydrogen) atoms. The quantitative estimate of drug-likeness (QED) is 0.453. The predicted octanol–water partition coefficient (Wildman–Crippen LogP) is 3.75. The van der Waals surface area contributed by atoms with Crippen molar-refractivity contribution in [2.75, 3.05) is 25.3 Å². The van der Waals surface area contributed by atoms with E-state index in [1.807, 2.05) is 24.3 Å². The highest BCUT2D eigenvalue weighted by Crippen LogP contribution is 2.30. The summed E-state index contributed by atoms with van der Waals surface area (Å²) in [6, 6.07) is 13.2. The second-order valence-electron chi connectivity index (χ2n) is 6.43. The first-order chi connectivity index (χ1) is 14.6. The maximum absolute atomic E-state index is 12.4. The summed E-state index contributed by atoms with van der Waals surface area (Å²) in [5.74, 6) is 1.13. The number of nitrogens with zero attached hydrogens (tertiary/aromatic N) is 4. The number of hydrogen-bond donors (Lipinski definition) is 1. The van der Waals surface area contributed by atoms with Crippen molar-refractivity contribution in [2.45, 2.75) is 18.6 Å². The summed E-state index contributed by atoms with van der Waals surface area (Å²) in [7, 11) is 3.12. The highest BCUT2D eigenvalue weighted by Gasteiger charge is 2.15. The van der Waals surface area contributed by atoms with Crippen LogP contribution in [0, 0.1) is 0 Å². The number of rotatable bonds is 7. The molecule has 0 unspecified atom stereocenters. The molecule has 1 amide bonds. The summed E-state index contributed by atoms with van der Waals surface area (Å²) < 4.78 is 12.6. The van der Waals surface area contributed by atoms with E-state index in [0.717, 1.165) is 28.6 Å². The third kappa shape index (κ3) is 3.76. The van der Waals surface area contributed by atoms with Crippen LogP contribution in [0.25, 0.3) is 22.1 Å². The number of para-hydroxylation sites is 1. The first-order valence-corrected chi connectivity index (χ1v) is 10.4. The van der Waals surface area contributed by atoms with E-state index in [4.69, 9.17) is 9.47 Å². The van der Waals surface area contributed by atoms with Gasteiger partial charge in [-0.25, -0.2) is 4.98 Å². The van der Waals surface area contributed by atoms with Crippen LogP contribution in [0.15, 0.2) is 47.6 Å². The molecule has 0 aliphatic rings. The Balaban J connectivity index is 1.51. The molecule has 0 saturated heterocycles. The van der Waals surface area contributed by atoms with Crippen molar-refractivity contribution < 1.29 is 14.3 Å². The third-order valence-electron chi connectivity index (χ3n) is 4.69. The molecule has 8 nitrogen and oxygen atoms in total. The van der Waals surface area contributed by atoms with E-state index in [1.165, 1.54) is 11.8 Å². The summed E-state index contributed by atoms with van der Waals surface area (Å²) in [6.07, 6.45) is 0. The van der Waals surface area contributed by atoms with Crippen molar-refractivity contribution in [3.8, 4) is 11.5 Å². The number of hydrogen-bond acceptors (Lipinski definition) is 7. The van der Waals surface area contributed by atoms with Crippen LogP contribution in [-0.4, -0.2) is 45.6 Å². The van der Waals surface area contributed by atoms with Gasteiger partial charge >= 0.3 is 0 Å². The number of carbonyl (C=O) groups excluding carboxylic acids is 1. The van der Waals surface area contributed by atoms with Gasteiger partial charge in [0.2, 0.25) is 11.1 Å². The Kier molecular flexibility index (Phi) is 5.71. The van der Waals surface area contributed by atoms with Gasteiger partial charge in [0.05, 0.1) is 31.2 Å². The maximum atomic E-state index is 12.4. The molecular formula is C21H21N5O3S. The molecule has 154 valence electrons. The zero-order valence-corrected chi connectivity index (χ0v) is 17.7. The second kappa shape index (κ2) is 8.58. The van der Waals surface area contributed by atoms with Crippen LogP contribution in [0.1, 0.15) is 6.92 Å². The number of fused-ring (bicyclic) bond motifs is 3. The number of methoxy groups -OCH3 is 2. The van der Waals surface area contributed by atoms with E-state index in [9.17, 15) is 4.79 Å². The van der Waals surface area contributed by atoms with Crippen LogP contribution < -0.4 is 14.8 Å². The summed E-state index contributed by atoms with van der Waals surface area (Å²) in [6.45, 7) is 2.83. The van der Waals surface area contributed by atoms with Crippen LogP contribution >= 0.6 is 11.8 Å². The summed E-state index contributed by atoms with van der Waals surface area (Å²) in [5, 5.41) is 12.9. The Labute approximate surface area is 177 Å². The van der Waals surface area contributed by atoms with Crippen LogP contribution in [0.2, 0.25) is 0 Å². The Morgan fingerprint density at radius 3 is 2.73 bits per heavy atom. The average molecular weight is 423 g/mol. The summed E-state index contributed by atoms with van der Waals surface area (Å²) in [4.78, 5) is 17.1. The number of anilines is 1. The SMILES string of the molecule is CCn1c2ccccc2c2nnc(SCC(=O)Nc3ccc(OC)cc3OC)nc21. The summed E-state index contributed by atoms with van der Waals surface area (Å²) in [5.41, 5.74) is 3.19. The minimum atomic E-state index is -0.191. The van der Waals surface area contributed by atoms with E-state index in [2.05, 4.69) is 32.0 Å². The van der Waals surface area contributed by atoms with Crippen LogP contribution in [0.5, 0.6) is 11.5 Å². The van der Waals surface area contributed by atoms with E-state index in [-0.39, 0.29) is 11.7 Å². The smallest absolute Gasteiger partial charge is 0.234 e. The fourth-order valence-electron chi connectivity index (χ4n) is 3.29. The molecule has 2 aromatic carbocycles. The van der Waals surface area contributed by atoms with Gasteiger partial charge in [-0.2, -0.15) is 0 Å². The molecule has 0 aliphatic heterocycles. The van der Waals surface area contributed by atoms with E-state index in [1.54, 1.807) is 32.4 Å². The van der Waals surface area contributed by atoms with Crippen molar-refractivity contribution in [3.63, 3.8) is 0 Å². The number of aromatic nitrogens is 4. The van der Waals surface area contributed by atoms with E-state index in [0.29, 0.717) is 22.3 Å². The minimum absolute atomic E-state index is 0.148. The average Bonchev–Trinajstić information content (AvgIpc) is 3.10. The normalized spacial score (nSPS) is 11.0. The lowest BCUT2D eigenvalue weighted by molar-refractivity contribution is -0.113. The molecule has 4 aromatic rings. The number of aryl methyl sites for hydroxylation is 1. The number of carbonyl (C=O) groups is 1. The van der Waals surface area contributed by atoms with Gasteiger partial charge < -0.3 is 19.4 Å². The molecule has 9 heteroatoms. The van der Waals surface area contributed by atoms with Gasteiger partial charge in [-0.05, 0) is 25.1 Å². The highest BCUT2D eigenvalue weighted by molar-refractivity contribution is 7.99. The Hall–Kier alpha value is -3.33. The lowest BCUT2D eigenvalue weighted by Crippen LogP contribution is -2.15. The number of nitrogens with one attached hydrogen (secondary N) is 1. The fourth-order valence-corrected chi connectivity index (χ4v) is 3.87. The molecule has 0 bridgehead atoms. The molecule has 2 heterocycles. The van der Waals surface area contributed by atoms with Gasteiger partial charge in [-0.15, -0.1) is 10.2 Å². The van der Waals surface area contributed by atoms with Gasteiger partial charge in [0, 0.05) is 18.0 Å². The van der Waals surface area contributed by atoms with Crippen LogP contribution in [0.4, 0.5) is 5.69 Å². The monoisotopic (exact) mass is 423 g/mol. The van der Waals surface area contributed by atoms with Crippen molar-refractivity contribution in [2.24, 2.45) is 0 Å². The zero-order chi connectivity index (χ0) is 21.1. The Bertz CT molecular complexity index is 1220. The van der Waals surface area contributed by atoms with Gasteiger partial charge in [-0.1, -0.05) is 30.0 Å². The lowest BCUT2D eigenvalue weighted by atomic mass is 10.2. The van der Waals surface area contributed by atoms with E-state index < -0.39 is 0 Å². The van der Waals surface area contributed by atoms with Gasteiger partial charge in [0.1, 0.15) is 17.0 Å². The number of ether oxygens (including phenoxy) is 2. The molecule has 1 N–H and O–H groups in total. The molecule has 0 saturated carbocycles. The first-order valence-electron chi connectivity index (χ1n) is 9.41. The standard InChI is InChI=1S/C21H21N5O3S/c1-4-26-16-8-6-5-7-14(16)19-20(26)23-21(25-24-19)30-12-18(27)22-15-10-9-13(28-2)11-17(15)29-3/h5-11H,4,12H2,1-3H3,(H,22,27). The van der Waals surface area contributed by atoms with E-state index >= 15 is 0 Å². The van der Waals surface area contributed by atoms with Gasteiger partial charge in [0.15, 0.2) is 5.65 Å². The topological polar surface area (TPSA) is 91.2 Å². The molecule has 2 aromatic heterocycles. The number of thioether (sulfide) groups is 1. The van der Waals surface area contributed by atoms with Crippen LogP contribution in [-0.2, 0) is 11.3 Å². The Morgan fingerprint density at radius 2 is 1.97 bits per heavy atom. The maximum Gasteiger partial charge on any atom is 0.234 e. The molecule has 0 aliphatic carbocycles. The molecule has 4 rings (SSSR count). The minimum Gasteiger partial charge on any atom is -0.497 e. The first kappa shape index (κ1) is 20.0. The molecule has 0 fully saturated rings. The lowest BCUT2D eigenvalue weighted by Gasteiger charge is -2.11. The fraction of sp³-hybridized carbons (Fsp3) is 0.238. The Morgan fingerprint density at radius 1 is 1.13 bits per heavy atom. The number of benzene rings is 2. The van der Waals surface area contributed by atoms with Gasteiger partial charge in [-0.3, -0.25) is 4.79 Å². The second-order valence-corrected chi connectivity index (χ2v) is 7.37. The van der Waals surface area contributed by atoms with Crippen molar-refractivity contribution in [1.29, 1.82) is 0 Å². The van der Waals surface area contributed by atoms with Crippen molar-refractivity contribution in [3.05, 3.63) is 42.5 Å². The molecule has 0 radical (unpaired) electrons. The highest BCUT2D eigenvalue weighted by atomic mass is 32.2. The van der Waals surface area contributed by atoms with Gasteiger partial charge in [0.25, 0.3) is 0 Å².